The van der Waals surface area contributed by atoms with Crippen LogP contribution in [0.1, 0.15) is 26.3 Å². The number of nitriles is 1. The molecule has 3 N–H and O–H groups in total. The standard InChI is InChI=1S/C16H21N3O4/c1-16(2,3)23-15(22)19-13(14(21)18-9-8-17)10-11-4-6-12(20)7-5-11/h4-7,13,20H,9-10H2,1-3H3,(H,18,21)(H,19,22). The van der Waals surface area contributed by atoms with Gasteiger partial charge in [0.2, 0.25) is 5.91 Å². The molecule has 124 valence electrons. The third-order valence-corrected chi connectivity index (χ3v) is 2.73. The van der Waals surface area contributed by atoms with Crippen LogP contribution in [0.5, 0.6) is 5.75 Å². The smallest absolute Gasteiger partial charge is 0.408 e. The van der Waals surface area contributed by atoms with Crippen LogP contribution in [0.25, 0.3) is 0 Å². The molecule has 0 radical (unpaired) electrons. The fourth-order valence-corrected chi connectivity index (χ4v) is 1.78. The Kier molecular flexibility index (Phi) is 6.39. The highest BCUT2D eigenvalue weighted by molar-refractivity contribution is 5.86. The molecule has 0 saturated carbocycles. The van der Waals surface area contributed by atoms with Crippen molar-refractivity contribution in [1.29, 1.82) is 5.26 Å². The molecule has 23 heavy (non-hydrogen) atoms. The van der Waals surface area contributed by atoms with Crippen LogP contribution in [0.3, 0.4) is 0 Å². The molecule has 7 nitrogen and oxygen atoms in total. The molecule has 0 aromatic heterocycles. The highest BCUT2D eigenvalue weighted by Crippen LogP contribution is 2.12. The number of rotatable bonds is 5. The topological polar surface area (TPSA) is 111 Å². The molecular formula is C16H21N3O4. The number of nitrogens with one attached hydrogen (secondary N) is 2. The van der Waals surface area contributed by atoms with Gasteiger partial charge >= 0.3 is 6.09 Å². The number of ether oxygens (including phenoxy) is 1. The van der Waals surface area contributed by atoms with Crippen LogP contribution in [0, 0.1) is 11.3 Å². The highest BCUT2D eigenvalue weighted by Gasteiger charge is 2.24. The highest BCUT2D eigenvalue weighted by atomic mass is 16.6. The lowest BCUT2D eigenvalue weighted by atomic mass is 10.1. The molecule has 7 heteroatoms. The second-order valence-corrected chi connectivity index (χ2v) is 5.95. The van der Waals surface area contributed by atoms with E-state index in [1.807, 2.05) is 6.07 Å². The summed E-state index contributed by atoms with van der Waals surface area (Å²) in [4.78, 5) is 24.0. The van der Waals surface area contributed by atoms with Gasteiger partial charge in [0.05, 0.1) is 6.07 Å². The van der Waals surface area contributed by atoms with Gasteiger partial charge in [-0.05, 0) is 38.5 Å². The minimum absolute atomic E-state index is 0.110. The number of carbonyl (C=O) groups excluding carboxylic acids is 2. The second kappa shape index (κ2) is 8.03. The van der Waals surface area contributed by atoms with Crippen molar-refractivity contribution >= 4 is 12.0 Å². The van der Waals surface area contributed by atoms with Crippen LogP contribution in [0.2, 0.25) is 0 Å². The molecule has 1 rings (SSSR count). The average molecular weight is 319 g/mol. The van der Waals surface area contributed by atoms with Crippen LogP contribution < -0.4 is 10.6 Å². The van der Waals surface area contributed by atoms with Crippen molar-refractivity contribution in [3.8, 4) is 11.8 Å². The minimum Gasteiger partial charge on any atom is -0.508 e. The number of hydrogen-bond acceptors (Lipinski definition) is 5. The number of nitrogens with zero attached hydrogens (tertiary/aromatic N) is 1. The Morgan fingerprint density at radius 3 is 2.43 bits per heavy atom. The van der Waals surface area contributed by atoms with Gasteiger partial charge in [-0.3, -0.25) is 4.79 Å². The molecular weight excluding hydrogens is 298 g/mol. The second-order valence-electron chi connectivity index (χ2n) is 5.95. The Bertz CT molecular complexity index is 585. The van der Waals surface area contributed by atoms with E-state index in [1.54, 1.807) is 32.9 Å². The molecule has 0 fully saturated rings. The number of phenols is 1. The lowest BCUT2D eigenvalue weighted by Crippen LogP contribution is -2.49. The largest absolute Gasteiger partial charge is 0.508 e. The third kappa shape index (κ3) is 7.18. The molecule has 0 saturated heterocycles. The predicted octanol–water partition coefficient (Wildman–Crippen LogP) is 1.47. The fourth-order valence-electron chi connectivity index (χ4n) is 1.78. The summed E-state index contributed by atoms with van der Waals surface area (Å²) in [5, 5.41) is 22.7. The van der Waals surface area contributed by atoms with Crippen molar-refractivity contribution in [3.63, 3.8) is 0 Å². The van der Waals surface area contributed by atoms with E-state index < -0.39 is 23.6 Å². The van der Waals surface area contributed by atoms with Crippen LogP contribution in [0.15, 0.2) is 24.3 Å². The predicted molar refractivity (Wildman–Crippen MR) is 83.6 cm³/mol. The van der Waals surface area contributed by atoms with E-state index in [-0.39, 0.29) is 18.7 Å². The number of alkyl carbamates (subject to hydrolysis) is 1. The van der Waals surface area contributed by atoms with Gasteiger partial charge in [-0.1, -0.05) is 12.1 Å². The SMILES string of the molecule is CC(C)(C)OC(=O)NC(Cc1ccc(O)cc1)C(=O)NCC#N. The van der Waals surface area contributed by atoms with Crippen molar-refractivity contribution in [2.24, 2.45) is 0 Å². The Labute approximate surface area is 135 Å². The Morgan fingerprint density at radius 1 is 1.30 bits per heavy atom. The van der Waals surface area contributed by atoms with Crippen molar-refractivity contribution < 1.29 is 19.4 Å². The van der Waals surface area contributed by atoms with Crippen LogP contribution in [-0.2, 0) is 16.0 Å². The van der Waals surface area contributed by atoms with Gasteiger partial charge in [-0.25, -0.2) is 4.79 Å². The summed E-state index contributed by atoms with van der Waals surface area (Å²) in [5.74, 6) is -0.371. The zero-order valence-electron chi connectivity index (χ0n) is 13.4. The quantitative estimate of drug-likeness (QED) is 0.712. The van der Waals surface area contributed by atoms with Gasteiger partial charge in [0.1, 0.15) is 23.9 Å². The molecule has 1 unspecified atom stereocenters. The Morgan fingerprint density at radius 2 is 1.91 bits per heavy atom. The first-order valence-electron chi connectivity index (χ1n) is 7.13. The maximum Gasteiger partial charge on any atom is 0.408 e. The first-order valence-corrected chi connectivity index (χ1v) is 7.13. The molecule has 0 heterocycles. The van der Waals surface area contributed by atoms with Crippen LogP contribution in [-0.4, -0.2) is 35.3 Å². The molecule has 0 aliphatic heterocycles. The van der Waals surface area contributed by atoms with E-state index in [0.717, 1.165) is 5.56 Å². The lowest BCUT2D eigenvalue weighted by molar-refractivity contribution is -0.122. The van der Waals surface area contributed by atoms with E-state index in [2.05, 4.69) is 10.6 Å². The van der Waals surface area contributed by atoms with E-state index >= 15 is 0 Å². The van der Waals surface area contributed by atoms with Gasteiger partial charge in [-0.2, -0.15) is 5.26 Å². The molecule has 0 aliphatic carbocycles. The number of amides is 2. The Hall–Kier alpha value is -2.75. The average Bonchev–Trinajstić information content (AvgIpc) is 2.44. The normalized spacial score (nSPS) is 11.9. The molecule has 1 aromatic rings. The maximum atomic E-state index is 12.1. The molecule has 0 aliphatic rings. The van der Waals surface area contributed by atoms with Crippen molar-refractivity contribution in [1.82, 2.24) is 10.6 Å². The summed E-state index contributed by atoms with van der Waals surface area (Å²) in [5.41, 5.74) is 0.0620. The summed E-state index contributed by atoms with van der Waals surface area (Å²) in [6.45, 7) is 5.01. The monoisotopic (exact) mass is 319 g/mol. The lowest BCUT2D eigenvalue weighted by Gasteiger charge is -2.23. The van der Waals surface area contributed by atoms with Gasteiger partial charge < -0.3 is 20.5 Å². The van der Waals surface area contributed by atoms with Gasteiger partial charge in [-0.15, -0.1) is 0 Å². The van der Waals surface area contributed by atoms with Crippen molar-refractivity contribution in [2.75, 3.05) is 6.54 Å². The fraction of sp³-hybridized carbons (Fsp3) is 0.438. The van der Waals surface area contributed by atoms with Gasteiger partial charge in [0, 0.05) is 6.42 Å². The maximum absolute atomic E-state index is 12.1. The van der Waals surface area contributed by atoms with Crippen LogP contribution >= 0.6 is 0 Å². The first kappa shape index (κ1) is 18.3. The molecule has 1 aromatic carbocycles. The third-order valence-electron chi connectivity index (χ3n) is 2.73. The van der Waals surface area contributed by atoms with Crippen molar-refractivity contribution in [2.45, 2.75) is 38.8 Å². The number of aromatic hydroxyl groups is 1. The summed E-state index contributed by atoms with van der Waals surface area (Å²) in [6.07, 6.45) is -0.509. The van der Waals surface area contributed by atoms with Crippen LogP contribution in [0.4, 0.5) is 4.79 Å². The molecule has 1 atom stereocenters. The van der Waals surface area contributed by atoms with Crippen molar-refractivity contribution in [3.05, 3.63) is 29.8 Å². The number of benzene rings is 1. The van der Waals surface area contributed by atoms with E-state index in [0.29, 0.717) is 0 Å². The molecule has 0 spiro atoms. The number of hydrogen-bond donors (Lipinski definition) is 3. The van der Waals surface area contributed by atoms with E-state index in [4.69, 9.17) is 10.00 Å². The number of carbonyl (C=O) groups is 2. The van der Waals surface area contributed by atoms with E-state index in [9.17, 15) is 14.7 Å². The van der Waals surface area contributed by atoms with E-state index in [1.165, 1.54) is 12.1 Å². The zero-order valence-corrected chi connectivity index (χ0v) is 13.4. The number of phenolic OH excluding ortho intramolecular Hbond substituents is 1. The Balaban J connectivity index is 2.80. The molecule has 0 bridgehead atoms. The summed E-state index contributed by atoms with van der Waals surface area (Å²) in [6, 6.07) is 7.21. The first-order chi connectivity index (χ1) is 10.7. The summed E-state index contributed by atoms with van der Waals surface area (Å²) >= 11 is 0. The molecule has 2 amide bonds. The van der Waals surface area contributed by atoms with Gasteiger partial charge in [0.15, 0.2) is 0 Å². The summed E-state index contributed by atoms with van der Waals surface area (Å²) in [7, 11) is 0. The van der Waals surface area contributed by atoms with Gasteiger partial charge in [0.25, 0.3) is 0 Å². The zero-order chi connectivity index (χ0) is 17.5. The minimum atomic E-state index is -0.886. The summed E-state index contributed by atoms with van der Waals surface area (Å²) < 4.78 is 5.14.